The second kappa shape index (κ2) is 7.09. The molecule has 0 bridgehead atoms. The summed E-state index contributed by atoms with van der Waals surface area (Å²) < 4.78 is 0. The van der Waals surface area contributed by atoms with Crippen molar-refractivity contribution in [2.24, 2.45) is 0 Å². The smallest absolute Gasteiger partial charge is 0.300 e. The predicted octanol–water partition coefficient (Wildman–Crippen LogP) is 3.51. The van der Waals surface area contributed by atoms with E-state index in [1.54, 1.807) is 11.0 Å². The highest BCUT2D eigenvalue weighted by Crippen LogP contribution is 2.29. The molecule has 0 unspecified atom stereocenters. The molecule has 0 N–H and O–H groups in total. The first-order valence-corrected chi connectivity index (χ1v) is 6.62. The summed E-state index contributed by atoms with van der Waals surface area (Å²) in [5.74, 6) is -0.342. The quantitative estimate of drug-likeness (QED) is 0.593. The van der Waals surface area contributed by atoms with Crippen molar-refractivity contribution in [1.29, 1.82) is 0 Å². The maximum atomic E-state index is 12.3. The van der Waals surface area contributed by atoms with Gasteiger partial charge in [0.05, 0.1) is 4.92 Å². The lowest BCUT2D eigenvalue weighted by Crippen LogP contribution is -2.32. The summed E-state index contributed by atoms with van der Waals surface area (Å²) in [4.78, 5) is 24.3. The number of halogens is 1. The maximum absolute atomic E-state index is 12.3. The van der Waals surface area contributed by atoms with Crippen molar-refractivity contribution >= 4 is 23.2 Å². The monoisotopic (exact) mass is 284 g/mol. The van der Waals surface area contributed by atoms with E-state index in [2.05, 4.69) is 0 Å². The third kappa shape index (κ3) is 3.67. The van der Waals surface area contributed by atoms with Crippen LogP contribution in [-0.4, -0.2) is 28.8 Å². The first-order chi connectivity index (χ1) is 9.02. The molecule has 1 rings (SSSR count). The van der Waals surface area contributed by atoms with Crippen molar-refractivity contribution in [3.05, 3.63) is 38.9 Å². The van der Waals surface area contributed by atoms with Crippen LogP contribution in [0.25, 0.3) is 0 Å². The van der Waals surface area contributed by atoms with Crippen molar-refractivity contribution in [1.82, 2.24) is 4.90 Å². The van der Waals surface area contributed by atoms with Crippen LogP contribution in [0.15, 0.2) is 18.2 Å². The number of amides is 1. The Labute approximate surface area is 117 Å². The number of nitro benzene ring substituents is 1. The molecule has 0 aliphatic rings. The summed E-state index contributed by atoms with van der Waals surface area (Å²) in [7, 11) is 0. The van der Waals surface area contributed by atoms with Crippen LogP contribution in [0.4, 0.5) is 5.69 Å². The Morgan fingerprint density at radius 3 is 2.63 bits per heavy atom. The SMILES string of the molecule is CCCCN(CC)C(=O)c1cccc(Cl)c1[N+](=O)[O-]. The molecule has 0 radical (unpaired) electrons. The van der Waals surface area contributed by atoms with E-state index in [-0.39, 0.29) is 22.2 Å². The highest BCUT2D eigenvalue weighted by molar-refractivity contribution is 6.33. The van der Waals surface area contributed by atoms with Gasteiger partial charge < -0.3 is 4.90 Å². The maximum Gasteiger partial charge on any atom is 0.300 e. The molecule has 19 heavy (non-hydrogen) atoms. The second-order valence-electron chi connectivity index (χ2n) is 4.13. The predicted molar refractivity (Wildman–Crippen MR) is 74.6 cm³/mol. The average molecular weight is 285 g/mol. The van der Waals surface area contributed by atoms with Crippen LogP contribution < -0.4 is 0 Å². The van der Waals surface area contributed by atoms with Crippen LogP contribution in [0.2, 0.25) is 5.02 Å². The molecule has 5 nitrogen and oxygen atoms in total. The van der Waals surface area contributed by atoms with E-state index in [9.17, 15) is 14.9 Å². The van der Waals surface area contributed by atoms with Gasteiger partial charge >= 0.3 is 5.69 Å². The summed E-state index contributed by atoms with van der Waals surface area (Å²) in [6.45, 7) is 4.99. The summed E-state index contributed by atoms with van der Waals surface area (Å²) >= 11 is 5.81. The third-order valence-electron chi connectivity index (χ3n) is 2.85. The zero-order chi connectivity index (χ0) is 14.4. The number of hydrogen-bond acceptors (Lipinski definition) is 3. The van der Waals surface area contributed by atoms with Crippen molar-refractivity contribution < 1.29 is 9.72 Å². The number of para-hydroxylation sites is 1. The van der Waals surface area contributed by atoms with Crippen LogP contribution in [0.5, 0.6) is 0 Å². The highest BCUT2D eigenvalue weighted by Gasteiger charge is 2.26. The normalized spacial score (nSPS) is 10.3. The molecule has 0 atom stereocenters. The van der Waals surface area contributed by atoms with E-state index in [0.717, 1.165) is 12.8 Å². The Kier molecular flexibility index (Phi) is 5.76. The fraction of sp³-hybridized carbons (Fsp3) is 0.462. The minimum atomic E-state index is -0.608. The minimum Gasteiger partial charge on any atom is -0.339 e. The lowest BCUT2D eigenvalue weighted by Gasteiger charge is -2.20. The minimum absolute atomic E-state index is 0.0117. The van der Waals surface area contributed by atoms with E-state index >= 15 is 0 Å². The van der Waals surface area contributed by atoms with Crippen molar-refractivity contribution in [3.63, 3.8) is 0 Å². The molecule has 1 aromatic carbocycles. The molecule has 1 aromatic rings. The van der Waals surface area contributed by atoms with Gasteiger partial charge in [0.1, 0.15) is 10.6 Å². The first-order valence-electron chi connectivity index (χ1n) is 6.25. The Bertz CT molecular complexity index is 477. The van der Waals surface area contributed by atoms with Gasteiger partial charge in [-0.05, 0) is 25.5 Å². The molecule has 104 valence electrons. The molecule has 0 fully saturated rings. The van der Waals surface area contributed by atoms with E-state index in [0.29, 0.717) is 13.1 Å². The summed E-state index contributed by atoms with van der Waals surface area (Å²) in [6.07, 6.45) is 1.83. The molecule has 0 heterocycles. The van der Waals surface area contributed by atoms with Gasteiger partial charge in [0.25, 0.3) is 5.91 Å². The van der Waals surface area contributed by atoms with Gasteiger partial charge in [0, 0.05) is 13.1 Å². The van der Waals surface area contributed by atoms with Crippen LogP contribution in [0, 0.1) is 10.1 Å². The molecule has 0 saturated carbocycles. The molecule has 0 aliphatic carbocycles. The van der Waals surface area contributed by atoms with Crippen molar-refractivity contribution in [2.75, 3.05) is 13.1 Å². The molecular formula is C13H17ClN2O3. The number of carbonyl (C=O) groups is 1. The van der Waals surface area contributed by atoms with Gasteiger partial charge in [-0.25, -0.2) is 0 Å². The number of benzene rings is 1. The van der Waals surface area contributed by atoms with Crippen LogP contribution in [-0.2, 0) is 0 Å². The van der Waals surface area contributed by atoms with Crippen molar-refractivity contribution in [3.8, 4) is 0 Å². The van der Waals surface area contributed by atoms with Crippen LogP contribution in [0.3, 0.4) is 0 Å². The highest BCUT2D eigenvalue weighted by atomic mass is 35.5. The number of unbranched alkanes of at least 4 members (excludes halogenated alkanes) is 1. The Hall–Kier alpha value is -1.62. The Morgan fingerprint density at radius 2 is 2.11 bits per heavy atom. The van der Waals surface area contributed by atoms with Gasteiger partial charge in [0.2, 0.25) is 0 Å². The first kappa shape index (κ1) is 15.4. The van der Waals surface area contributed by atoms with E-state index in [1.807, 2.05) is 13.8 Å². The third-order valence-corrected chi connectivity index (χ3v) is 3.16. The number of rotatable bonds is 6. The van der Waals surface area contributed by atoms with E-state index in [4.69, 9.17) is 11.6 Å². The van der Waals surface area contributed by atoms with E-state index in [1.165, 1.54) is 12.1 Å². The molecule has 1 amide bonds. The van der Waals surface area contributed by atoms with Gasteiger partial charge in [-0.2, -0.15) is 0 Å². The molecule has 0 aromatic heterocycles. The average Bonchev–Trinajstić information content (AvgIpc) is 2.38. The topological polar surface area (TPSA) is 63.5 Å². The Balaban J connectivity index is 3.11. The molecule has 6 heteroatoms. The molecule has 0 spiro atoms. The Morgan fingerprint density at radius 1 is 1.42 bits per heavy atom. The van der Waals surface area contributed by atoms with Gasteiger partial charge in [0.15, 0.2) is 0 Å². The summed E-state index contributed by atoms with van der Waals surface area (Å²) in [5, 5.41) is 11.0. The lowest BCUT2D eigenvalue weighted by atomic mass is 10.1. The summed E-state index contributed by atoms with van der Waals surface area (Å²) in [5.41, 5.74) is -0.264. The van der Waals surface area contributed by atoms with Gasteiger partial charge in [-0.1, -0.05) is 31.0 Å². The standard InChI is InChI=1S/C13H17ClN2O3/c1-3-5-9-15(4-2)13(17)10-7-6-8-11(14)12(10)16(18)19/h6-8H,3-5,9H2,1-2H3. The summed E-state index contributed by atoms with van der Waals surface area (Å²) in [6, 6.07) is 4.41. The fourth-order valence-corrected chi connectivity index (χ4v) is 2.04. The number of nitrogens with zero attached hydrogens (tertiary/aromatic N) is 2. The lowest BCUT2D eigenvalue weighted by molar-refractivity contribution is -0.385. The number of carbonyl (C=O) groups excluding carboxylic acids is 1. The van der Waals surface area contributed by atoms with Crippen LogP contribution in [0.1, 0.15) is 37.0 Å². The van der Waals surface area contributed by atoms with E-state index < -0.39 is 4.92 Å². The zero-order valence-corrected chi connectivity index (χ0v) is 11.8. The fourth-order valence-electron chi connectivity index (χ4n) is 1.80. The largest absolute Gasteiger partial charge is 0.339 e. The molecule has 0 saturated heterocycles. The zero-order valence-electron chi connectivity index (χ0n) is 11.1. The van der Waals surface area contributed by atoms with Crippen LogP contribution >= 0.6 is 11.6 Å². The van der Waals surface area contributed by atoms with Gasteiger partial charge in [-0.3, -0.25) is 14.9 Å². The number of nitro groups is 1. The van der Waals surface area contributed by atoms with Gasteiger partial charge in [-0.15, -0.1) is 0 Å². The van der Waals surface area contributed by atoms with Crippen molar-refractivity contribution in [2.45, 2.75) is 26.7 Å². The number of hydrogen-bond donors (Lipinski definition) is 0. The second-order valence-corrected chi connectivity index (χ2v) is 4.54. The molecular weight excluding hydrogens is 268 g/mol. The molecule has 0 aliphatic heterocycles.